The first-order valence-electron chi connectivity index (χ1n) is 6.52. The van der Waals surface area contributed by atoms with Crippen molar-refractivity contribution in [3.63, 3.8) is 0 Å². The summed E-state index contributed by atoms with van der Waals surface area (Å²) >= 11 is 0. The summed E-state index contributed by atoms with van der Waals surface area (Å²) in [4.78, 5) is 23.5. The van der Waals surface area contributed by atoms with Crippen LogP contribution in [0.2, 0.25) is 0 Å². The third-order valence-corrected chi connectivity index (χ3v) is 4.15. The van der Waals surface area contributed by atoms with Crippen LogP contribution in [-0.2, 0) is 9.59 Å². The van der Waals surface area contributed by atoms with Crippen LogP contribution in [0, 0.1) is 29.5 Å². The summed E-state index contributed by atoms with van der Waals surface area (Å²) in [6, 6.07) is 5.38. The molecule has 3 rings (SSSR count). The zero-order valence-corrected chi connectivity index (χ0v) is 10.6. The second-order valence-corrected chi connectivity index (χ2v) is 5.32. The SMILES string of the molecule is O=C([O-])[C@@H]1[C@H](C(=O)Nc2ccc(F)cc2)[C@H]2C=C[C@@H]1C2. The first kappa shape index (κ1) is 12.8. The predicted molar refractivity (Wildman–Crippen MR) is 67.8 cm³/mol. The molecule has 0 saturated heterocycles. The molecule has 104 valence electrons. The summed E-state index contributed by atoms with van der Waals surface area (Å²) < 4.78 is 12.8. The Hall–Kier alpha value is -2.17. The minimum absolute atomic E-state index is 0.0525. The Labute approximate surface area is 115 Å². The monoisotopic (exact) mass is 274 g/mol. The van der Waals surface area contributed by atoms with Crippen molar-refractivity contribution in [2.45, 2.75) is 6.42 Å². The number of rotatable bonds is 3. The number of carbonyl (C=O) groups excluding carboxylic acids is 2. The number of hydrogen-bond acceptors (Lipinski definition) is 3. The van der Waals surface area contributed by atoms with Gasteiger partial charge in [0.2, 0.25) is 5.91 Å². The van der Waals surface area contributed by atoms with Gasteiger partial charge in [0, 0.05) is 17.6 Å². The number of hydrogen-bond donors (Lipinski definition) is 1. The minimum atomic E-state index is -1.18. The number of halogens is 1. The highest BCUT2D eigenvalue weighted by molar-refractivity contribution is 5.96. The van der Waals surface area contributed by atoms with Crippen LogP contribution >= 0.6 is 0 Å². The molecule has 0 heterocycles. The molecule has 1 N–H and O–H groups in total. The van der Waals surface area contributed by atoms with Gasteiger partial charge in [0.15, 0.2) is 0 Å². The summed E-state index contributed by atoms with van der Waals surface area (Å²) in [6.45, 7) is 0. The lowest BCUT2D eigenvalue weighted by atomic mass is 9.82. The third kappa shape index (κ3) is 2.09. The average Bonchev–Trinajstić information content (AvgIpc) is 3.01. The first-order chi connectivity index (χ1) is 9.56. The number of carbonyl (C=O) groups is 2. The van der Waals surface area contributed by atoms with E-state index in [1.54, 1.807) is 0 Å². The normalized spacial score (nSPS) is 30.4. The van der Waals surface area contributed by atoms with Crippen LogP contribution in [0.1, 0.15) is 6.42 Å². The van der Waals surface area contributed by atoms with Crippen LogP contribution in [0.5, 0.6) is 0 Å². The maximum atomic E-state index is 12.8. The molecule has 4 nitrogen and oxygen atoms in total. The van der Waals surface area contributed by atoms with Gasteiger partial charge >= 0.3 is 0 Å². The topological polar surface area (TPSA) is 69.2 Å². The van der Waals surface area contributed by atoms with Crippen LogP contribution in [0.25, 0.3) is 0 Å². The Morgan fingerprint density at radius 1 is 1.10 bits per heavy atom. The number of amides is 1. The Kier molecular flexibility index (Phi) is 3.04. The van der Waals surface area contributed by atoms with Gasteiger partial charge in [0.05, 0.1) is 5.92 Å². The molecule has 0 spiro atoms. The lowest BCUT2D eigenvalue weighted by Gasteiger charge is -2.27. The molecule has 20 heavy (non-hydrogen) atoms. The molecule has 0 unspecified atom stereocenters. The van der Waals surface area contributed by atoms with Crippen molar-refractivity contribution < 1.29 is 19.1 Å². The quantitative estimate of drug-likeness (QED) is 0.834. The van der Waals surface area contributed by atoms with Crippen LogP contribution < -0.4 is 10.4 Å². The van der Waals surface area contributed by atoms with E-state index in [1.807, 2.05) is 12.2 Å². The highest BCUT2D eigenvalue weighted by Crippen LogP contribution is 2.48. The lowest BCUT2D eigenvalue weighted by Crippen LogP contribution is -2.42. The number of carboxylic acid groups (broad SMARTS) is 1. The molecule has 0 radical (unpaired) electrons. The molecule has 5 heteroatoms. The number of carboxylic acids is 1. The second-order valence-electron chi connectivity index (χ2n) is 5.32. The van der Waals surface area contributed by atoms with Gasteiger partial charge in [0.25, 0.3) is 0 Å². The molecule has 2 aliphatic rings. The van der Waals surface area contributed by atoms with Crippen molar-refractivity contribution in [1.82, 2.24) is 0 Å². The van der Waals surface area contributed by atoms with Crippen LogP contribution in [0.3, 0.4) is 0 Å². The summed E-state index contributed by atoms with van der Waals surface area (Å²) in [5.74, 6) is -3.47. The fourth-order valence-corrected chi connectivity index (χ4v) is 3.26. The Morgan fingerprint density at radius 3 is 2.30 bits per heavy atom. The maximum Gasteiger partial charge on any atom is 0.228 e. The zero-order chi connectivity index (χ0) is 14.3. The minimum Gasteiger partial charge on any atom is -0.550 e. The fraction of sp³-hybridized carbons (Fsp3) is 0.333. The Morgan fingerprint density at radius 2 is 1.70 bits per heavy atom. The Bertz CT molecular complexity index is 581. The number of allylic oxidation sites excluding steroid dienone is 2. The van der Waals surface area contributed by atoms with Gasteiger partial charge in [-0.1, -0.05) is 12.2 Å². The maximum absolute atomic E-state index is 12.8. The van der Waals surface area contributed by atoms with Crippen molar-refractivity contribution in [2.24, 2.45) is 23.7 Å². The Balaban J connectivity index is 1.78. The van der Waals surface area contributed by atoms with Gasteiger partial charge in [-0.3, -0.25) is 4.79 Å². The smallest absolute Gasteiger partial charge is 0.228 e. The van der Waals surface area contributed by atoms with Crippen molar-refractivity contribution in [1.29, 1.82) is 0 Å². The predicted octanol–water partition coefficient (Wildman–Crippen LogP) is 0.952. The van der Waals surface area contributed by atoms with E-state index in [0.717, 1.165) is 0 Å². The summed E-state index contributed by atoms with van der Waals surface area (Å²) in [6.07, 6.45) is 4.44. The molecule has 1 aromatic carbocycles. The van der Waals surface area contributed by atoms with Crippen molar-refractivity contribution >= 4 is 17.6 Å². The molecule has 1 saturated carbocycles. The van der Waals surface area contributed by atoms with Gasteiger partial charge in [-0.15, -0.1) is 0 Å². The highest BCUT2D eigenvalue weighted by atomic mass is 19.1. The standard InChI is InChI=1S/C15H14FNO3/c16-10-3-5-11(6-4-10)17-14(18)12-8-1-2-9(7-8)13(12)15(19)20/h1-6,8-9,12-13H,7H2,(H,17,18)(H,19,20)/p-1/t8-,9+,12+,13-/m0/s1. The van der Waals surface area contributed by atoms with E-state index in [1.165, 1.54) is 24.3 Å². The van der Waals surface area contributed by atoms with Crippen LogP contribution in [-0.4, -0.2) is 11.9 Å². The van der Waals surface area contributed by atoms with Crippen molar-refractivity contribution in [2.75, 3.05) is 5.32 Å². The number of nitrogens with one attached hydrogen (secondary N) is 1. The van der Waals surface area contributed by atoms with Gasteiger partial charge in [-0.2, -0.15) is 0 Å². The van der Waals surface area contributed by atoms with Gasteiger partial charge < -0.3 is 15.2 Å². The van der Waals surface area contributed by atoms with E-state index in [9.17, 15) is 19.1 Å². The van der Waals surface area contributed by atoms with Gasteiger partial charge in [-0.05, 0) is 42.5 Å². The molecule has 2 aliphatic carbocycles. The van der Waals surface area contributed by atoms with Gasteiger partial charge in [0.1, 0.15) is 5.82 Å². The molecular weight excluding hydrogens is 261 g/mol. The average molecular weight is 274 g/mol. The van der Waals surface area contributed by atoms with E-state index in [-0.39, 0.29) is 17.7 Å². The van der Waals surface area contributed by atoms with E-state index >= 15 is 0 Å². The number of fused-ring (bicyclic) bond motifs is 2. The fourth-order valence-electron chi connectivity index (χ4n) is 3.26. The van der Waals surface area contributed by atoms with E-state index in [0.29, 0.717) is 12.1 Å². The highest BCUT2D eigenvalue weighted by Gasteiger charge is 2.48. The molecule has 1 aromatic rings. The summed E-state index contributed by atoms with van der Waals surface area (Å²) in [7, 11) is 0. The molecule has 1 amide bonds. The van der Waals surface area contributed by atoms with Gasteiger partial charge in [-0.25, -0.2) is 4.39 Å². The van der Waals surface area contributed by atoms with Crippen molar-refractivity contribution in [3.8, 4) is 0 Å². The number of benzene rings is 1. The first-order valence-corrected chi connectivity index (χ1v) is 6.52. The lowest BCUT2D eigenvalue weighted by molar-refractivity contribution is -0.313. The molecule has 0 aromatic heterocycles. The molecule has 2 bridgehead atoms. The van der Waals surface area contributed by atoms with Crippen LogP contribution in [0.15, 0.2) is 36.4 Å². The van der Waals surface area contributed by atoms with Crippen molar-refractivity contribution in [3.05, 3.63) is 42.2 Å². The number of aliphatic carboxylic acids is 1. The zero-order valence-electron chi connectivity index (χ0n) is 10.6. The second kappa shape index (κ2) is 4.74. The number of anilines is 1. The van der Waals surface area contributed by atoms with E-state index in [2.05, 4.69) is 5.32 Å². The third-order valence-electron chi connectivity index (χ3n) is 4.15. The summed E-state index contributed by atoms with van der Waals surface area (Å²) in [5, 5.41) is 13.9. The molecule has 1 fully saturated rings. The van der Waals surface area contributed by atoms with E-state index in [4.69, 9.17) is 0 Å². The largest absolute Gasteiger partial charge is 0.550 e. The van der Waals surface area contributed by atoms with Crippen LogP contribution in [0.4, 0.5) is 10.1 Å². The summed E-state index contributed by atoms with van der Waals surface area (Å²) in [5.41, 5.74) is 0.459. The van der Waals surface area contributed by atoms with E-state index < -0.39 is 23.6 Å². The molecule has 4 atom stereocenters. The molecule has 0 aliphatic heterocycles. The molecular formula is C15H13FNO3-.